The van der Waals surface area contributed by atoms with Crippen LogP contribution in [0.25, 0.3) is 0 Å². The zero-order valence-corrected chi connectivity index (χ0v) is 50.6. The third-order valence-electron chi connectivity index (χ3n) is 13.4. The number of hydrogen-bond acceptors (Lipinski definition) is 6. The van der Waals surface area contributed by atoms with Gasteiger partial charge in [-0.05, 0) is 128 Å². The van der Waals surface area contributed by atoms with Crippen LogP contribution in [-0.2, 0) is 28.6 Å². The van der Waals surface area contributed by atoms with Gasteiger partial charge < -0.3 is 14.2 Å². The predicted molar refractivity (Wildman–Crippen MR) is 339 cm³/mol. The third kappa shape index (κ3) is 62.4. The molecule has 0 saturated carbocycles. The van der Waals surface area contributed by atoms with Gasteiger partial charge in [0, 0.05) is 19.3 Å². The van der Waals surface area contributed by atoms with Crippen LogP contribution in [0.15, 0.2) is 134 Å². The molecule has 0 aliphatic heterocycles. The molecule has 0 aromatic rings. The van der Waals surface area contributed by atoms with Gasteiger partial charge in [0.2, 0.25) is 0 Å². The predicted octanol–water partition coefficient (Wildman–Crippen LogP) is 22.2. The number of carbonyl (C=O) groups excluding carboxylic acids is 3. The van der Waals surface area contributed by atoms with Crippen molar-refractivity contribution in [1.29, 1.82) is 0 Å². The SMILES string of the molecule is CC/C=C\C/C=C\C/C=C\C/C=C\C/C=C\C/C=C\CCCCCCCCCCCCCCCCCCC(=O)OCC(COC(=O)CCCCCCC/C=C\CCC)OC(=O)CCCC/C=C\C/C=C\C/C=C\C/C=C\CC. The van der Waals surface area contributed by atoms with Crippen LogP contribution in [0.3, 0.4) is 0 Å². The van der Waals surface area contributed by atoms with E-state index >= 15 is 0 Å². The highest BCUT2D eigenvalue weighted by molar-refractivity contribution is 5.71. The molecule has 1 unspecified atom stereocenters. The standard InChI is InChI=1S/C72H118O6/c1-4-7-10-13-16-19-22-24-26-27-28-29-30-31-32-33-34-35-36-37-38-39-40-41-42-43-44-45-47-48-50-53-56-59-62-65-71(74)77-68-69(67-76-70(73)64-61-58-55-52-21-18-15-12-9-6-3)78-72(75)66-63-60-57-54-51-49-46-25-23-20-17-14-11-8-5-2/h7-8,10-12,15-17,19-20,24-26,28-29,31-32,34-35,46,51,54,69H,4-6,9,13-14,18,21-23,27,30,33,36-45,47-50,52-53,55-68H2,1-3H3/b10-7-,11-8-,15-12-,19-16-,20-17-,26-24-,29-28-,32-31-,35-34-,46-25-,54-51-. The Kier molecular flexibility index (Phi) is 61.4. The van der Waals surface area contributed by atoms with Crippen molar-refractivity contribution in [2.45, 2.75) is 290 Å². The molecule has 0 aliphatic rings. The van der Waals surface area contributed by atoms with Crippen LogP contribution in [0.1, 0.15) is 284 Å². The Bertz CT molecular complexity index is 1670. The summed E-state index contributed by atoms with van der Waals surface area (Å²) in [4.78, 5) is 38.1. The van der Waals surface area contributed by atoms with Crippen molar-refractivity contribution >= 4 is 17.9 Å². The first-order valence-electron chi connectivity index (χ1n) is 32.2. The second-order valence-electron chi connectivity index (χ2n) is 20.9. The summed E-state index contributed by atoms with van der Waals surface area (Å²) in [5.74, 6) is -0.950. The average molecular weight is 1080 g/mol. The van der Waals surface area contributed by atoms with Crippen molar-refractivity contribution in [2.24, 2.45) is 0 Å². The lowest BCUT2D eigenvalue weighted by Crippen LogP contribution is -2.30. The number of hydrogen-bond donors (Lipinski definition) is 0. The van der Waals surface area contributed by atoms with Gasteiger partial charge in [0.15, 0.2) is 6.10 Å². The maximum Gasteiger partial charge on any atom is 0.306 e. The van der Waals surface area contributed by atoms with E-state index in [1.54, 1.807) is 0 Å². The molecule has 0 aromatic carbocycles. The van der Waals surface area contributed by atoms with E-state index in [4.69, 9.17) is 14.2 Å². The summed E-state index contributed by atoms with van der Waals surface area (Å²) in [5.41, 5.74) is 0. The molecular weight excluding hydrogens is 961 g/mol. The molecule has 0 rings (SSSR count). The Hall–Kier alpha value is -4.45. The number of rotatable bonds is 57. The molecule has 442 valence electrons. The van der Waals surface area contributed by atoms with Crippen molar-refractivity contribution in [1.82, 2.24) is 0 Å². The fourth-order valence-corrected chi connectivity index (χ4v) is 8.62. The maximum absolute atomic E-state index is 12.8. The van der Waals surface area contributed by atoms with Gasteiger partial charge in [-0.3, -0.25) is 14.4 Å². The summed E-state index contributed by atoms with van der Waals surface area (Å²) < 4.78 is 16.8. The molecule has 0 aromatic heterocycles. The van der Waals surface area contributed by atoms with Crippen molar-refractivity contribution in [3.8, 4) is 0 Å². The minimum atomic E-state index is -0.805. The first-order valence-corrected chi connectivity index (χ1v) is 32.2. The van der Waals surface area contributed by atoms with Gasteiger partial charge in [0.25, 0.3) is 0 Å². The van der Waals surface area contributed by atoms with Crippen molar-refractivity contribution < 1.29 is 28.6 Å². The fraction of sp³-hybridized carbons (Fsp3) is 0.653. The van der Waals surface area contributed by atoms with Gasteiger partial charge in [-0.1, -0.05) is 270 Å². The molecule has 0 spiro atoms. The molecule has 0 amide bonds. The van der Waals surface area contributed by atoms with Gasteiger partial charge >= 0.3 is 17.9 Å². The van der Waals surface area contributed by atoms with E-state index in [2.05, 4.69) is 154 Å². The monoisotopic (exact) mass is 1080 g/mol. The fourth-order valence-electron chi connectivity index (χ4n) is 8.62. The molecule has 0 radical (unpaired) electrons. The summed E-state index contributed by atoms with van der Waals surface area (Å²) in [6, 6.07) is 0. The molecule has 0 fully saturated rings. The molecule has 0 bridgehead atoms. The molecule has 0 aliphatic carbocycles. The molecule has 6 heteroatoms. The molecule has 6 nitrogen and oxygen atoms in total. The number of ether oxygens (including phenoxy) is 3. The Morgan fingerprint density at radius 3 is 0.821 bits per heavy atom. The highest BCUT2D eigenvalue weighted by atomic mass is 16.6. The van der Waals surface area contributed by atoms with Gasteiger partial charge in [0.1, 0.15) is 13.2 Å². The molecule has 78 heavy (non-hydrogen) atoms. The number of allylic oxidation sites excluding steroid dienone is 22. The first kappa shape index (κ1) is 73.5. The van der Waals surface area contributed by atoms with E-state index < -0.39 is 6.10 Å². The van der Waals surface area contributed by atoms with E-state index in [-0.39, 0.29) is 37.5 Å². The number of esters is 3. The van der Waals surface area contributed by atoms with E-state index in [0.717, 1.165) is 135 Å². The third-order valence-corrected chi connectivity index (χ3v) is 13.4. The van der Waals surface area contributed by atoms with Gasteiger partial charge in [0.05, 0.1) is 0 Å². The minimum absolute atomic E-state index is 0.0984. The van der Waals surface area contributed by atoms with E-state index in [9.17, 15) is 14.4 Å². The minimum Gasteiger partial charge on any atom is -0.462 e. The molecule has 0 saturated heterocycles. The lowest BCUT2D eigenvalue weighted by molar-refractivity contribution is -0.167. The maximum atomic E-state index is 12.8. The zero-order valence-electron chi connectivity index (χ0n) is 50.6. The van der Waals surface area contributed by atoms with Gasteiger partial charge in [-0.15, -0.1) is 0 Å². The molecular formula is C72H118O6. The first-order chi connectivity index (χ1) is 38.5. The highest BCUT2D eigenvalue weighted by Gasteiger charge is 2.19. The quantitative estimate of drug-likeness (QED) is 0.0261. The normalized spacial score (nSPS) is 13.0. The number of carbonyl (C=O) groups is 3. The smallest absolute Gasteiger partial charge is 0.306 e. The average Bonchev–Trinajstić information content (AvgIpc) is 3.44. The van der Waals surface area contributed by atoms with Crippen LogP contribution in [-0.4, -0.2) is 37.2 Å². The number of unbranched alkanes of at least 4 members (excludes halogenated alkanes) is 24. The lowest BCUT2D eigenvalue weighted by Gasteiger charge is -2.18. The van der Waals surface area contributed by atoms with Gasteiger partial charge in [-0.25, -0.2) is 0 Å². The summed E-state index contributed by atoms with van der Waals surface area (Å²) in [6.07, 6.45) is 92.0. The molecule has 0 N–H and O–H groups in total. The van der Waals surface area contributed by atoms with Crippen LogP contribution >= 0.6 is 0 Å². The van der Waals surface area contributed by atoms with Crippen molar-refractivity contribution in [3.63, 3.8) is 0 Å². The second-order valence-corrected chi connectivity index (χ2v) is 20.9. The van der Waals surface area contributed by atoms with Crippen LogP contribution in [0.4, 0.5) is 0 Å². The lowest BCUT2D eigenvalue weighted by atomic mass is 10.0. The van der Waals surface area contributed by atoms with E-state index in [1.165, 1.54) is 103 Å². The van der Waals surface area contributed by atoms with Crippen LogP contribution in [0, 0.1) is 0 Å². The topological polar surface area (TPSA) is 78.9 Å². The molecule has 0 heterocycles. The second kappa shape index (κ2) is 65.1. The van der Waals surface area contributed by atoms with Crippen LogP contribution in [0.5, 0.6) is 0 Å². The summed E-state index contributed by atoms with van der Waals surface area (Å²) in [5, 5.41) is 0. The zero-order chi connectivity index (χ0) is 56.4. The summed E-state index contributed by atoms with van der Waals surface area (Å²) in [7, 11) is 0. The van der Waals surface area contributed by atoms with E-state index in [1.807, 2.05) is 0 Å². The van der Waals surface area contributed by atoms with Crippen molar-refractivity contribution in [3.05, 3.63) is 134 Å². The van der Waals surface area contributed by atoms with Crippen LogP contribution in [0.2, 0.25) is 0 Å². The Morgan fingerprint density at radius 2 is 0.500 bits per heavy atom. The Morgan fingerprint density at radius 1 is 0.269 bits per heavy atom. The van der Waals surface area contributed by atoms with Crippen LogP contribution < -0.4 is 0 Å². The largest absolute Gasteiger partial charge is 0.462 e. The Labute approximate surface area is 481 Å². The van der Waals surface area contributed by atoms with Crippen molar-refractivity contribution in [2.75, 3.05) is 13.2 Å². The highest BCUT2D eigenvalue weighted by Crippen LogP contribution is 2.16. The summed E-state index contributed by atoms with van der Waals surface area (Å²) >= 11 is 0. The van der Waals surface area contributed by atoms with E-state index in [0.29, 0.717) is 19.3 Å². The van der Waals surface area contributed by atoms with Gasteiger partial charge in [-0.2, -0.15) is 0 Å². The molecule has 1 atom stereocenters. The Balaban J connectivity index is 4.13. The summed E-state index contributed by atoms with van der Waals surface area (Å²) in [6.45, 7) is 6.31.